The van der Waals surface area contributed by atoms with Crippen LogP contribution in [0.15, 0.2) is 30.3 Å². The average molecular weight is 342 g/mol. The molecule has 0 aliphatic rings. The highest BCUT2D eigenvalue weighted by atomic mass is 32.1. The van der Waals surface area contributed by atoms with Crippen molar-refractivity contribution in [2.45, 2.75) is 13.8 Å². The van der Waals surface area contributed by atoms with Crippen LogP contribution in [0.3, 0.4) is 0 Å². The maximum Gasteiger partial charge on any atom is 0.257 e. The molecular formula is C18H18N2O3S. The van der Waals surface area contributed by atoms with Crippen LogP contribution >= 0.6 is 11.3 Å². The molecule has 0 spiro atoms. The molecule has 124 valence electrons. The lowest BCUT2D eigenvalue weighted by atomic mass is 10.1. The minimum absolute atomic E-state index is 0.250. The summed E-state index contributed by atoms with van der Waals surface area (Å²) in [6, 6.07) is 9.18. The number of rotatable bonds is 4. The van der Waals surface area contributed by atoms with Crippen LogP contribution in [0.4, 0.5) is 5.13 Å². The van der Waals surface area contributed by atoms with Gasteiger partial charge in [0.15, 0.2) is 5.13 Å². The molecule has 3 rings (SSSR count). The van der Waals surface area contributed by atoms with E-state index in [2.05, 4.69) is 30.2 Å². The number of carbonyl (C=O) groups is 1. The molecule has 0 saturated carbocycles. The van der Waals surface area contributed by atoms with Gasteiger partial charge < -0.3 is 9.47 Å². The quantitative estimate of drug-likeness (QED) is 0.772. The summed E-state index contributed by atoms with van der Waals surface area (Å²) in [5.74, 6) is 0.879. The van der Waals surface area contributed by atoms with E-state index in [1.807, 2.05) is 6.07 Å². The van der Waals surface area contributed by atoms with Gasteiger partial charge in [0.2, 0.25) is 0 Å². The van der Waals surface area contributed by atoms with Crippen molar-refractivity contribution in [1.82, 2.24) is 4.98 Å². The number of thiazole rings is 1. The lowest BCUT2D eigenvalue weighted by Crippen LogP contribution is -2.12. The minimum atomic E-state index is -0.250. The third kappa shape index (κ3) is 3.19. The normalized spacial score (nSPS) is 10.7. The van der Waals surface area contributed by atoms with Crippen LogP contribution in [0.2, 0.25) is 0 Å². The van der Waals surface area contributed by atoms with E-state index in [1.54, 1.807) is 32.4 Å². The van der Waals surface area contributed by atoms with Gasteiger partial charge in [0.25, 0.3) is 5.91 Å². The molecule has 0 aliphatic heterocycles. The van der Waals surface area contributed by atoms with Crippen LogP contribution in [-0.2, 0) is 0 Å². The number of anilines is 1. The standard InChI is InChI=1S/C18H18N2O3S/c1-10-5-15-16(6-11(10)2)24-18(19-15)20-17(21)12-7-13(22-3)9-14(8-12)23-4/h5-9H,1-4H3,(H,19,20,21). The highest BCUT2D eigenvalue weighted by Gasteiger charge is 2.13. The summed E-state index contributed by atoms with van der Waals surface area (Å²) < 4.78 is 11.5. The summed E-state index contributed by atoms with van der Waals surface area (Å²) in [5, 5.41) is 3.42. The van der Waals surface area contributed by atoms with E-state index in [9.17, 15) is 4.79 Å². The van der Waals surface area contributed by atoms with E-state index < -0.39 is 0 Å². The molecule has 1 heterocycles. The molecule has 2 aromatic carbocycles. The van der Waals surface area contributed by atoms with E-state index in [-0.39, 0.29) is 5.91 Å². The number of amides is 1. The predicted octanol–water partition coefficient (Wildman–Crippen LogP) is 4.18. The zero-order chi connectivity index (χ0) is 17.3. The molecule has 0 aliphatic carbocycles. The van der Waals surface area contributed by atoms with Crippen molar-refractivity contribution in [1.29, 1.82) is 0 Å². The Morgan fingerprint density at radius 1 is 1.00 bits per heavy atom. The molecule has 0 unspecified atom stereocenters. The Hall–Kier alpha value is -2.60. The molecule has 0 saturated heterocycles. The molecular weight excluding hydrogens is 324 g/mol. The third-order valence-electron chi connectivity index (χ3n) is 3.84. The van der Waals surface area contributed by atoms with Gasteiger partial charge >= 0.3 is 0 Å². The summed E-state index contributed by atoms with van der Waals surface area (Å²) in [4.78, 5) is 17.0. The number of ether oxygens (including phenoxy) is 2. The second-order valence-electron chi connectivity index (χ2n) is 5.48. The van der Waals surface area contributed by atoms with E-state index in [1.165, 1.54) is 22.5 Å². The first-order valence-electron chi connectivity index (χ1n) is 7.42. The van der Waals surface area contributed by atoms with Gasteiger partial charge in [-0.1, -0.05) is 11.3 Å². The molecule has 0 atom stereocenters. The monoisotopic (exact) mass is 342 g/mol. The van der Waals surface area contributed by atoms with Crippen LogP contribution < -0.4 is 14.8 Å². The first kappa shape index (κ1) is 16.3. The third-order valence-corrected chi connectivity index (χ3v) is 4.77. The number of carbonyl (C=O) groups excluding carboxylic acids is 1. The van der Waals surface area contributed by atoms with Crippen molar-refractivity contribution >= 4 is 32.6 Å². The molecule has 3 aromatic rings. The Morgan fingerprint density at radius 2 is 1.62 bits per heavy atom. The summed E-state index contributed by atoms with van der Waals surface area (Å²) in [6.07, 6.45) is 0. The predicted molar refractivity (Wildman–Crippen MR) is 96.6 cm³/mol. The molecule has 24 heavy (non-hydrogen) atoms. The molecule has 5 nitrogen and oxygen atoms in total. The van der Waals surface area contributed by atoms with Gasteiger partial charge in [-0.2, -0.15) is 0 Å². The number of hydrogen-bond acceptors (Lipinski definition) is 5. The molecule has 0 fully saturated rings. The maximum absolute atomic E-state index is 12.5. The van der Waals surface area contributed by atoms with Gasteiger partial charge in [0, 0.05) is 11.6 Å². The van der Waals surface area contributed by atoms with Crippen LogP contribution in [-0.4, -0.2) is 25.1 Å². The number of aromatic nitrogens is 1. The first-order chi connectivity index (χ1) is 11.5. The lowest BCUT2D eigenvalue weighted by molar-refractivity contribution is 0.102. The number of methoxy groups -OCH3 is 2. The van der Waals surface area contributed by atoms with Crippen LogP contribution in [0.5, 0.6) is 11.5 Å². The van der Waals surface area contributed by atoms with Crippen molar-refractivity contribution in [3.63, 3.8) is 0 Å². The van der Waals surface area contributed by atoms with Gasteiger partial charge in [-0.15, -0.1) is 0 Å². The second kappa shape index (κ2) is 6.49. The fourth-order valence-corrected chi connectivity index (χ4v) is 3.28. The number of nitrogens with one attached hydrogen (secondary N) is 1. The lowest BCUT2D eigenvalue weighted by Gasteiger charge is -2.07. The van der Waals surface area contributed by atoms with Crippen LogP contribution in [0.1, 0.15) is 21.5 Å². The van der Waals surface area contributed by atoms with Crippen molar-refractivity contribution in [2.75, 3.05) is 19.5 Å². The largest absolute Gasteiger partial charge is 0.497 e. The number of benzene rings is 2. The Kier molecular flexibility index (Phi) is 4.40. The van der Waals surface area contributed by atoms with E-state index >= 15 is 0 Å². The first-order valence-corrected chi connectivity index (χ1v) is 8.24. The molecule has 1 amide bonds. The smallest absolute Gasteiger partial charge is 0.257 e. The van der Waals surface area contributed by atoms with Crippen LogP contribution in [0.25, 0.3) is 10.2 Å². The highest BCUT2D eigenvalue weighted by molar-refractivity contribution is 7.22. The van der Waals surface area contributed by atoms with Crippen molar-refractivity contribution in [2.24, 2.45) is 0 Å². The molecule has 1 N–H and O–H groups in total. The fraction of sp³-hybridized carbons (Fsp3) is 0.222. The average Bonchev–Trinajstić information content (AvgIpc) is 2.95. The van der Waals surface area contributed by atoms with Gasteiger partial charge in [0.05, 0.1) is 24.4 Å². The molecule has 6 heteroatoms. The highest BCUT2D eigenvalue weighted by Crippen LogP contribution is 2.29. The number of aryl methyl sites for hydroxylation is 2. The van der Waals surface area contributed by atoms with E-state index in [0.717, 1.165) is 10.2 Å². The number of nitrogens with zero attached hydrogens (tertiary/aromatic N) is 1. The summed E-state index contributed by atoms with van der Waals surface area (Å²) in [7, 11) is 3.10. The zero-order valence-corrected chi connectivity index (χ0v) is 14.8. The topological polar surface area (TPSA) is 60.5 Å². The van der Waals surface area contributed by atoms with Gasteiger partial charge in [-0.25, -0.2) is 4.98 Å². The van der Waals surface area contributed by atoms with Gasteiger partial charge in [0.1, 0.15) is 11.5 Å². The summed E-state index contributed by atoms with van der Waals surface area (Å²) in [5.41, 5.74) is 3.74. The Bertz CT molecular complexity index is 857. The number of fused-ring (bicyclic) bond motifs is 1. The minimum Gasteiger partial charge on any atom is -0.497 e. The Balaban J connectivity index is 1.89. The number of hydrogen-bond donors (Lipinski definition) is 1. The fourth-order valence-electron chi connectivity index (χ4n) is 2.34. The molecule has 0 bridgehead atoms. The van der Waals surface area contributed by atoms with Crippen molar-refractivity contribution in [3.8, 4) is 11.5 Å². The summed E-state index contributed by atoms with van der Waals surface area (Å²) >= 11 is 1.46. The molecule has 1 aromatic heterocycles. The Labute approximate surface area is 144 Å². The Morgan fingerprint density at radius 3 is 2.25 bits per heavy atom. The van der Waals surface area contributed by atoms with E-state index in [4.69, 9.17) is 9.47 Å². The van der Waals surface area contributed by atoms with Gasteiger partial charge in [-0.05, 0) is 49.2 Å². The van der Waals surface area contributed by atoms with Crippen LogP contribution in [0, 0.1) is 13.8 Å². The van der Waals surface area contributed by atoms with Gasteiger partial charge in [-0.3, -0.25) is 10.1 Å². The SMILES string of the molecule is COc1cc(OC)cc(C(=O)Nc2nc3cc(C)c(C)cc3s2)c1. The second-order valence-corrected chi connectivity index (χ2v) is 6.51. The molecule has 0 radical (unpaired) electrons. The summed E-state index contributed by atoms with van der Waals surface area (Å²) in [6.45, 7) is 4.12. The maximum atomic E-state index is 12.5. The van der Waals surface area contributed by atoms with Crippen molar-refractivity contribution in [3.05, 3.63) is 47.0 Å². The van der Waals surface area contributed by atoms with Crippen molar-refractivity contribution < 1.29 is 14.3 Å². The zero-order valence-electron chi connectivity index (χ0n) is 14.0. The van der Waals surface area contributed by atoms with E-state index in [0.29, 0.717) is 22.2 Å².